The maximum Gasteiger partial charge on any atom is 0.416 e. The van der Waals surface area contributed by atoms with Gasteiger partial charge in [-0.15, -0.1) is 0 Å². The topological polar surface area (TPSA) is 0 Å². The normalized spacial score (nSPS) is 12.9. The van der Waals surface area contributed by atoms with Crippen molar-refractivity contribution in [3.05, 3.63) is 35.4 Å². The molecule has 3 heteroatoms. The maximum atomic E-state index is 12.5. The van der Waals surface area contributed by atoms with Crippen LogP contribution in [0.4, 0.5) is 13.2 Å². The van der Waals surface area contributed by atoms with Gasteiger partial charge >= 0.3 is 6.18 Å². The molecule has 15 heavy (non-hydrogen) atoms. The first-order valence-corrected chi connectivity index (χ1v) is 4.95. The summed E-state index contributed by atoms with van der Waals surface area (Å²) in [6, 6.07) is 5.56. The summed E-state index contributed by atoms with van der Waals surface area (Å²) < 4.78 is 37.4. The monoisotopic (exact) mass is 216 g/mol. The molecule has 0 nitrogen and oxygen atoms in total. The Morgan fingerprint density at radius 3 is 2.07 bits per heavy atom. The standard InChI is InChI=1S/C12H15F3/c1-4-11(2,3)9-6-5-7-10(8-9)12(13,14)15/h5-8H,4H2,1-3H3. The van der Waals surface area contributed by atoms with Crippen molar-refractivity contribution in [2.75, 3.05) is 0 Å². The van der Waals surface area contributed by atoms with Crippen LogP contribution in [-0.2, 0) is 11.6 Å². The summed E-state index contributed by atoms with van der Waals surface area (Å²) in [4.78, 5) is 0. The predicted octanol–water partition coefficient (Wildman–Crippen LogP) is 4.39. The van der Waals surface area contributed by atoms with E-state index < -0.39 is 11.7 Å². The lowest BCUT2D eigenvalue weighted by molar-refractivity contribution is -0.137. The Morgan fingerprint density at radius 2 is 1.60 bits per heavy atom. The van der Waals surface area contributed by atoms with Gasteiger partial charge in [0.2, 0.25) is 0 Å². The highest BCUT2D eigenvalue weighted by molar-refractivity contribution is 5.30. The first-order chi connectivity index (χ1) is 6.77. The van der Waals surface area contributed by atoms with Gasteiger partial charge in [-0.05, 0) is 23.5 Å². The van der Waals surface area contributed by atoms with Gasteiger partial charge in [0.15, 0.2) is 0 Å². The lowest BCUT2D eigenvalue weighted by Crippen LogP contribution is -2.16. The Hall–Kier alpha value is -0.990. The lowest BCUT2D eigenvalue weighted by Gasteiger charge is -2.24. The van der Waals surface area contributed by atoms with E-state index in [0.717, 1.165) is 18.1 Å². The van der Waals surface area contributed by atoms with Crippen LogP contribution in [-0.4, -0.2) is 0 Å². The molecule has 0 aliphatic rings. The summed E-state index contributed by atoms with van der Waals surface area (Å²) in [5, 5.41) is 0. The Kier molecular flexibility index (Phi) is 3.12. The van der Waals surface area contributed by atoms with E-state index in [9.17, 15) is 13.2 Å². The molecular formula is C12H15F3. The van der Waals surface area contributed by atoms with Crippen LogP contribution in [0.5, 0.6) is 0 Å². The van der Waals surface area contributed by atoms with Gasteiger partial charge in [-0.3, -0.25) is 0 Å². The Balaban J connectivity index is 3.14. The molecule has 0 unspecified atom stereocenters. The van der Waals surface area contributed by atoms with E-state index in [2.05, 4.69) is 0 Å². The molecule has 0 aliphatic heterocycles. The molecular weight excluding hydrogens is 201 g/mol. The zero-order valence-electron chi connectivity index (χ0n) is 9.15. The van der Waals surface area contributed by atoms with Gasteiger partial charge in [0, 0.05) is 0 Å². The van der Waals surface area contributed by atoms with Crippen LogP contribution in [0.1, 0.15) is 38.3 Å². The van der Waals surface area contributed by atoms with Crippen LogP contribution < -0.4 is 0 Å². The van der Waals surface area contributed by atoms with Crippen LogP contribution in [0.2, 0.25) is 0 Å². The molecule has 0 aliphatic carbocycles. The van der Waals surface area contributed by atoms with Gasteiger partial charge in [0.25, 0.3) is 0 Å². The quantitative estimate of drug-likeness (QED) is 0.687. The van der Waals surface area contributed by atoms with Gasteiger partial charge in [-0.1, -0.05) is 39.0 Å². The first kappa shape index (κ1) is 12.1. The van der Waals surface area contributed by atoms with Crippen molar-refractivity contribution in [1.82, 2.24) is 0 Å². The molecule has 0 atom stereocenters. The average molecular weight is 216 g/mol. The number of alkyl halides is 3. The summed E-state index contributed by atoms with van der Waals surface area (Å²) in [7, 11) is 0. The molecule has 0 heterocycles. The van der Waals surface area contributed by atoms with Crippen molar-refractivity contribution in [2.45, 2.75) is 38.8 Å². The van der Waals surface area contributed by atoms with Gasteiger partial charge in [-0.25, -0.2) is 0 Å². The van der Waals surface area contributed by atoms with Crippen molar-refractivity contribution in [3.63, 3.8) is 0 Å². The zero-order chi connectivity index (χ0) is 11.7. The van der Waals surface area contributed by atoms with Crippen molar-refractivity contribution in [1.29, 1.82) is 0 Å². The maximum absolute atomic E-state index is 12.5. The summed E-state index contributed by atoms with van der Waals surface area (Å²) in [5.74, 6) is 0. The van der Waals surface area contributed by atoms with E-state index in [1.54, 1.807) is 6.07 Å². The highest BCUT2D eigenvalue weighted by Crippen LogP contribution is 2.33. The van der Waals surface area contributed by atoms with Gasteiger partial charge in [0.1, 0.15) is 0 Å². The number of hydrogen-bond donors (Lipinski definition) is 0. The smallest absolute Gasteiger partial charge is 0.166 e. The second-order valence-corrected chi connectivity index (χ2v) is 4.32. The van der Waals surface area contributed by atoms with Crippen molar-refractivity contribution >= 4 is 0 Å². The number of hydrogen-bond acceptors (Lipinski definition) is 0. The largest absolute Gasteiger partial charge is 0.416 e. The highest BCUT2D eigenvalue weighted by atomic mass is 19.4. The van der Waals surface area contributed by atoms with E-state index in [4.69, 9.17) is 0 Å². The van der Waals surface area contributed by atoms with E-state index >= 15 is 0 Å². The summed E-state index contributed by atoms with van der Waals surface area (Å²) in [5.41, 5.74) is -0.0392. The summed E-state index contributed by atoms with van der Waals surface area (Å²) >= 11 is 0. The van der Waals surface area contributed by atoms with Crippen molar-refractivity contribution in [2.24, 2.45) is 0 Å². The van der Waals surface area contributed by atoms with Crippen LogP contribution in [0, 0.1) is 0 Å². The molecule has 0 amide bonds. The third-order valence-corrected chi connectivity index (χ3v) is 2.86. The second kappa shape index (κ2) is 3.87. The molecule has 0 radical (unpaired) electrons. The number of rotatable bonds is 2. The average Bonchev–Trinajstić information content (AvgIpc) is 2.17. The van der Waals surface area contributed by atoms with Crippen LogP contribution in [0.15, 0.2) is 24.3 Å². The van der Waals surface area contributed by atoms with E-state index in [-0.39, 0.29) is 5.41 Å². The summed E-state index contributed by atoms with van der Waals surface area (Å²) in [6.07, 6.45) is -3.44. The molecule has 1 aromatic rings. The SMILES string of the molecule is CCC(C)(C)c1cccc(C(F)(F)F)c1. The lowest BCUT2D eigenvalue weighted by atomic mass is 9.81. The molecule has 0 saturated heterocycles. The first-order valence-electron chi connectivity index (χ1n) is 4.95. The van der Waals surface area contributed by atoms with Gasteiger partial charge in [0.05, 0.1) is 5.56 Å². The molecule has 0 aromatic heterocycles. The zero-order valence-corrected chi connectivity index (χ0v) is 9.15. The molecule has 84 valence electrons. The highest BCUT2D eigenvalue weighted by Gasteiger charge is 2.31. The molecule has 0 spiro atoms. The van der Waals surface area contributed by atoms with Crippen LogP contribution >= 0.6 is 0 Å². The Bertz CT molecular complexity index is 337. The minimum absolute atomic E-state index is 0.207. The number of benzene rings is 1. The molecule has 0 bridgehead atoms. The fourth-order valence-electron chi connectivity index (χ4n) is 1.32. The number of halogens is 3. The molecule has 0 fully saturated rings. The van der Waals surface area contributed by atoms with Crippen molar-refractivity contribution in [3.8, 4) is 0 Å². The van der Waals surface area contributed by atoms with Gasteiger partial charge < -0.3 is 0 Å². The molecule has 1 aromatic carbocycles. The third kappa shape index (κ3) is 2.74. The van der Waals surface area contributed by atoms with Crippen LogP contribution in [0.25, 0.3) is 0 Å². The van der Waals surface area contributed by atoms with E-state index in [1.807, 2.05) is 20.8 Å². The third-order valence-electron chi connectivity index (χ3n) is 2.86. The van der Waals surface area contributed by atoms with Crippen molar-refractivity contribution < 1.29 is 13.2 Å². The van der Waals surface area contributed by atoms with E-state index in [1.165, 1.54) is 12.1 Å². The predicted molar refractivity (Wildman–Crippen MR) is 54.8 cm³/mol. The fourth-order valence-corrected chi connectivity index (χ4v) is 1.32. The second-order valence-electron chi connectivity index (χ2n) is 4.32. The Morgan fingerprint density at radius 1 is 1.07 bits per heavy atom. The minimum Gasteiger partial charge on any atom is -0.166 e. The van der Waals surface area contributed by atoms with Crippen LogP contribution in [0.3, 0.4) is 0 Å². The summed E-state index contributed by atoms with van der Waals surface area (Å²) in [6.45, 7) is 5.87. The minimum atomic E-state index is -4.25. The Labute approximate surface area is 88.1 Å². The molecule has 0 N–H and O–H groups in total. The van der Waals surface area contributed by atoms with Gasteiger partial charge in [-0.2, -0.15) is 13.2 Å². The fraction of sp³-hybridized carbons (Fsp3) is 0.500. The van der Waals surface area contributed by atoms with E-state index in [0.29, 0.717) is 0 Å². The molecule has 0 saturated carbocycles. The molecule has 1 rings (SSSR count).